The number of thiazole rings is 1. The smallest absolute Gasteiger partial charge is 0.239 e. The monoisotopic (exact) mass is 210 g/mol. The van der Waals surface area contributed by atoms with Crippen molar-refractivity contribution in [3.8, 4) is 11.5 Å². The average Bonchev–Trinajstić information content (AvgIpc) is 2.70. The predicted molar refractivity (Wildman–Crippen MR) is 54.5 cm³/mol. The SMILES string of the molecule is CC(N)c1nc(-c2nc(N)n[nH]2)cs1. The van der Waals surface area contributed by atoms with E-state index >= 15 is 0 Å². The summed E-state index contributed by atoms with van der Waals surface area (Å²) in [5.41, 5.74) is 11.8. The van der Waals surface area contributed by atoms with E-state index in [1.54, 1.807) is 0 Å². The van der Waals surface area contributed by atoms with Gasteiger partial charge in [-0.1, -0.05) is 0 Å². The molecule has 0 fully saturated rings. The van der Waals surface area contributed by atoms with E-state index in [9.17, 15) is 0 Å². The molecule has 5 N–H and O–H groups in total. The molecule has 2 rings (SSSR count). The minimum Gasteiger partial charge on any atom is -0.366 e. The van der Waals surface area contributed by atoms with Gasteiger partial charge in [-0.15, -0.1) is 16.4 Å². The molecule has 7 heteroatoms. The Bertz CT molecular complexity index is 431. The second kappa shape index (κ2) is 3.35. The summed E-state index contributed by atoms with van der Waals surface area (Å²) in [6.07, 6.45) is 0. The van der Waals surface area contributed by atoms with Crippen LogP contribution in [0.1, 0.15) is 18.0 Å². The molecule has 0 aliphatic rings. The molecule has 6 nitrogen and oxygen atoms in total. The Labute approximate surface area is 84.4 Å². The number of rotatable bonds is 2. The second-order valence-electron chi connectivity index (χ2n) is 2.90. The first kappa shape index (κ1) is 9.10. The van der Waals surface area contributed by atoms with Crippen molar-refractivity contribution >= 4 is 17.3 Å². The lowest BCUT2D eigenvalue weighted by Crippen LogP contribution is -2.03. The lowest BCUT2D eigenvalue weighted by Gasteiger charge is -1.96. The molecule has 2 aromatic rings. The molecule has 14 heavy (non-hydrogen) atoms. The summed E-state index contributed by atoms with van der Waals surface area (Å²) in [4.78, 5) is 8.27. The van der Waals surface area contributed by atoms with Gasteiger partial charge in [-0.2, -0.15) is 4.98 Å². The standard InChI is InChI=1S/C7H10N6S/c1-3(8)6-10-4(2-14-6)5-11-7(9)13-12-5/h2-3H,8H2,1H3,(H3,9,11,12,13). The van der Waals surface area contributed by atoms with E-state index in [0.29, 0.717) is 5.82 Å². The molecule has 0 aliphatic carbocycles. The number of nitrogen functional groups attached to an aromatic ring is 1. The van der Waals surface area contributed by atoms with Crippen molar-refractivity contribution in [2.45, 2.75) is 13.0 Å². The highest BCUT2D eigenvalue weighted by Gasteiger charge is 2.10. The maximum Gasteiger partial charge on any atom is 0.239 e. The van der Waals surface area contributed by atoms with Crippen LogP contribution in [0.5, 0.6) is 0 Å². The van der Waals surface area contributed by atoms with E-state index < -0.39 is 0 Å². The summed E-state index contributed by atoms with van der Waals surface area (Å²) in [5.74, 6) is 0.793. The molecule has 1 unspecified atom stereocenters. The van der Waals surface area contributed by atoms with Crippen LogP contribution in [0.15, 0.2) is 5.38 Å². The Balaban J connectivity index is 2.33. The van der Waals surface area contributed by atoms with E-state index in [1.807, 2.05) is 12.3 Å². The first-order chi connectivity index (χ1) is 6.66. The lowest BCUT2D eigenvalue weighted by atomic mass is 10.4. The largest absolute Gasteiger partial charge is 0.366 e. The third kappa shape index (κ3) is 1.59. The molecule has 2 aromatic heterocycles. The van der Waals surface area contributed by atoms with Gasteiger partial charge in [0.2, 0.25) is 5.95 Å². The molecule has 0 saturated carbocycles. The molecule has 2 heterocycles. The quantitative estimate of drug-likeness (QED) is 0.670. The van der Waals surface area contributed by atoms with Crippen LogP contribution in [0.3, 0.4) is 0 Å². The molecular weight excluding hydrogens is 200 g/mol. The van der Waals surface area contributed by atoms with Crippen molar-refractivity contribution in [2.24, 2.45) is 5.73 Å². The highest BCUT2D eigenvalue weighted by molar-refractivity contribution is 7.10. The van der Waals surface area contributed by atoms with Crippen molar-refractivity contribution in [1.82, 2.24) is 20.2 Å². The second-order valence-corrected chi connectivity index (χ2v) is 3.79. The number of nitrogens with two attached hydrogens (primary N) is 2. The summed E-state index contributed by atoms with van der Waals surface area (Å²) >= 11 is 1.50. The number of H-pyrrole nitrogens is 1. The van der Waals surface area contributed by atoms with Crippen molar-refractivity contribution in [1.29, 1.82) is 0 Å². The summed E-state index contributed by atoms with van der Waals surface area (Å²) in [6, 6.07) is -0.0611. The number of hydrogen-bond acceptors (Lipinski definition) is 6. The zero-order chi connectivity index (χ0) is 10.1. The maximum absolute atomic E-state index is 5.69. The minimum absolute atomic E-state index is 0.0611. The van der Waals surface area contributed by atoms with Crippen LogP contribution >= 0.6 is 11.3 Å². The zero-order valence-electron chi connectivity index (χ0n) is 7.56. The van der Waals surface area contributed by atoms with Crippen LogP contribution in [0.2, 0.25) is 0 Å². The van der Waals surface area contributed by atoms with Gasteiger partial charge in [-0.3, -0.25) is 5.10 Å². The van der Waals surface area contributed by atoms with Crippen LogP contribution in [-0.4, -0.2) is 20.2 Å². The van der Waals surface area contributed by atoms with Crippen LogP contribution in [0.4, 0.5) is 5.95 Å². The molecule has 0 saturated heterocycles. The van der Waals surface area contributed by atoms with Crippen LogP contribution in [0.25, 0.3) is 11.5 Å². The molecule has 1 atom stereocenters. The van der Waals surface area contributed by atoms with Gasteiger partial charge in [-0.05, 0) is 6.92 Å². The number of hydrogen-bond donors (Lipinski definition) is 3. The fourth-order valence-electron chi connectivity index (χ4n) is 0.995. The van der Waals surface area contributed by atoms with Crippen LogP contribution < -0.4 is 11.5 Å². The van der Waals surface area contributed by atoms with Gasteiger partial charge < -0.3 is 11.5 Å². The fraction of sp³-hybridized carbons (Fsp3) is 0.286. The summed E-state index contributed by atoms with van der Waals surface area (Å²) in [6.45, 7) is 1.89. The topological polar surface area (TPSA) is 106 Å². The third-order valence-corrected chi connectivity index (χ3v) is 2.70. The van der Waals surface area contributed by atoms with Gasteiger partial charge in [0.05, 0.1) is 6.04 Å². The number of aromatic amines is 1. The zero-order valence-corrected chi connectivity index (χ0v) is 8.38. The Morgan fingerprint density at radius 3 is 2.79 bits per heavy atom. The Morgan fingerprint density at radius 1 is 1.50 bits per heavy atom. The van der Waals surface area contributed by atoms with E-state index in [2.05, 4.69) is 20.2 Å². The van der Waals surface area contributed by atoms with Gasteiger partial charge in [0.1, 0.15) is 10.7 Å². The first-order valence-electron chi connectivity index (χ1n) is 4.06. The first-order valence-corrected chi connectivity index (χ1v) is 4.94. The predicted octanol–water partition coefficient (Wildman–Crippen LogP) is 0.530. The number of nitrogens with one attached hydrogen (secondary N) is 1. The van der Waals surface area contributed by atoms with Crippen molar-refractivity contribution in [2.75, 3.05) is 5.73 Å². The molecule has 0 bridgehead atoms. The van der Waals surface area contributed by atoms with Gasteiger partial charge in [0.25, 0.3) is 0 Å². The van der Waals surface area contributed by atoms with Crippen molar-refractivity contribution in [3.63, 3.8) is 0 Å². The summed E-state index contributed by atoms with van der Waals surface area (Å²) in [7, 11) is 0. The van der Waals surface area contributed by atoms with E-state index in [-0.39, 0.29) is 12.0 Å². The highest BCUT2D eigenvalue weighted by Crippen LogP contribution is 2.21. The van der Waals surface area contributed by atoms with Crippen molar-refractivity contribution in [3.05, 3.63) is 10.4 Å². The maximum atomic E-state index is 5.69. The molecule has 0 spiro atoms. The average molecular weight is 210 g/mol. The number of aromatic nitrogens is 4. The van der Waals surface area contributed by atoms with Gasteiger partial charge >= 0.3 is 0 Å². The molecule has 0 aliphatic heterocycles. The lowest BCUT2D eigenvalue weighted by molar-refractivity contribution is 0.807. The minimum atomic E-state index is -0.0611. The Kier molecular flexibility index (Phi) is 2.18. The Hall–Kier alpha value is -1.47. The summed E-state index contributed by atoms with van der Waals surface area (Å²) < 4.78 is 0. The third-order valence-electron chi connectivity index (χ3n) is 1.66. The van der Waals surface area contributed by atoms with Gasteiger partial charge in [-0.25, -0.2) is 4.98 Å². The van der Waals surface area contributed by atoms with Crippen LogP contribution in [-0.2, 0) is 0 Å². The van der Waals surface area contributed by atoms with E-state index in [1.165, 1.54) is 11.3 Å². The molecule has 74 valence electrons. The molecule has 0 amide bonds. The van der Waals surface area contributed by atoms with Crippen molar-refractivity contribution < 1.29 is 0 Å². The highest BCUT2D eigenvalue weighted by atomic mass is 32.1. The Morgan fingerprint density at radius 2 is 2.29 bits per heavy atom. The van der Waals surface area contributed by atoms with Gasteiger partial charge in [0.15, 0.2) is 5.82 Å². The number of nitrogens with zero attached hydrogens (tertiary/aromatic N) is 3. The fourth-order valence-corrected chi connectivity index (χ4v) is 1.76. The molecule has 0 radical (unpaired) electrons. The van der Waals surface area contributed by atoms with Gasteiger partial charge in [0, 0.05) is 5.38 Å². The molecular formula is C7H10N6S. The normalized spacial score (nSPS) is 13.0. The number of anilines is 1. The van der Waals surface area contributed by atoms with E-state index in [0.717, 1.165) is 10.7 Å². The molecule has 0 aromatic carbocycles. The van der Waals surface area contributed by atoms with E-state index in [4.69, 9.17) is 11.5 Å². The van der Waals surface area contributed by atoms with Crippen LogP contribution in [0, 0.1) is 0 Å². The summed E-state index contributed by atoms with van der Waals surface area (Å²) in [5, 5.41) is 9.16.